The van der Waals surface area contributed by atoms with E-state index in [1.807, 2.05) is 18.2 Å². The van der Waals surface area contributed by atoms with Gasteiger partial charge < -0.3 is 11.1 Å². The zero-order valence-corrected chi connectivity index (χ0v) is 14.0. The van der Waals surface area contributed by atoms with E-state index in [4.69, 9.17) is 5.73 Å². The van der Waals surface area contributed by atoms with Crippen LogP contribution in [0, 0.1) is 0 Å². The summed E-state index contributed by atoms with van der Waals surface area (Å²) in [5, 5.41) is 2.95. The van der Waals surface area contributed by atoms with Crippen LogP contribution in [0.5, 0.6) is 0 Å². The summed E-state index contributed by atoms with van der Waals surface area (Å²) in [4.78, 5) is 14.1. The third-order valence-corrected chi connectivity index (χ3v) is 3.65. The number of carbonyl (C=O) groups is 1. The highest BCUT2D eigenvalue weighted by Gasteiger charge is 2.24. The van der Waals surface area contributed by atoms with Crippen LogP contribution < -0.4 is 11.1 Å². The second-order valence-corrected chi connectivity index (χ2v) is 5.20. The van der Waals surface area contributed by atoms with Gasteiger partial charge in [0.2, 0.25) is 5.91 Å². The maximum Gasteiger partial charge on any atom is 0.236 e. The quantitative estimate of drug-likeness (QED) is 0.867. The highest BCUT2D eigenvalue weighted by molar-refractivity contribution is 5.85. The van der Waals surface area contributed by atoms with Crippen molar-refractivity contribution in [2.75, 3.05) is 19.6 Å². The standard InChI is InChI=1S/C15H23N3O.2ClH/c1-12(16)15(19)17-11-14(18-9-5-6-10-18)13-7-3-2-4-8-13;;/h2-4,7-8,12,14H,5-6,9-11,16H2,1H3,(H,17,19);2*1H/t12-,14?;;/m0../s1. The summed E-state index contributed by atoms with van der Waals surface area (Å²) in [6.45, 7) is 4.55. The fraction of sp³-hybridized carbons (Fsp3) is 0.533. The Bertz CT molecular complexity index is 409. The largest absolute Gasteiger partial charge is 0.353 e. The Morgan fingerprint density at radius 1 is 1.24 bits per heavy atom. The second kappa shape index (κ2) is 10.0. The fourth-order valence-electron chi connectivity index (χ4n) is 2.54. The Kier molecular flexibility index (Phi) is 9.62. The molecule has 0 spiro atoms. The molecular formula is C15H25Cl2N3O. The molecule has 6 heteroatoms. The fourth-order valence-corrected chi connectivity index (χ4v) is 2.54. The van der Waals surface area contributed by atoms with E-state index in [9.17, 15) is 4.79 Å². The molecule has 2 atom stereocenters. The van der Waals surface area contributed by atoms with Gasteiger partial charge in [-0.05, 0) is 38.4 Å². The van der Waals surface area contributed by atoms with Crippen molar-refractivity contribution in [3.63, 3.8) is 0 Å². The van der Waals surface area contributed by atoms with Gasteiger partial charge in [0.05, 0.1) is 12.1 Å². The molecule has 0 radical (unpaired) electrons. The number of nitrogens with two attached hydrogens (primary N) is 1. The van der Waals surface area contributed by atoms with Crippen molar-refractivity contribution in [1.29, 1.82) is 0 Å². The minimum absolute atomic E-state index is 0. The van der Waals surface area contributed by atoms with Crippen LogP contribution in [0.15, 0.2) is 30.3 Å². The first-order valence-corrected chi connectivity index (χ1v) is 7.01. The second-order valence-electron chi connectivity index (χ2n) is 5.20. The molecule has 1 fully saturated rings. The number of hydrogen-bond donors (Lipinski definition) is 2. The smallest absolute Gasteiger partial charge is 0.236 e. The average molecular weight is 334 g/mol. The van der Waals surface area contributed by atoms with Gasteiger partial charge in [0.25, 0.3) is 0 Å². The number of nitrogens with zero attached hydrogens (tertiary/aromatic N) is 1. The van der Waals surface area contributed by atoms with Gasteiger partial charge in [-0.2, -0.15) is 0 Å². The SMILES string of the molecule is C[C@H](N)C(=O)NCC(c1ccccc1)N1CCCC1.Cl.Cl. The highest BCUT2D eigenvalue weighted by atomic mass is 35.5. The number of rotatable bonds is 5. The van der Waals surface area contributed by atoms with Crippen molar-refractivity contribution in [2.24, 2.45) is 5.73 Å². The van der Waals surface area contributed by atoms with Crippen molar-refractivity contribution in [1.82, 2.24) is 10.2 Å². The molecule has 1 unspecified atom stereocenters. The van der Waals surface area contributed by atoms with Gasteiger partial charge in [-0.3, -0.25) is 9.69 Å². The molecule has 1 aliphatic rings. The number of nitrogens with one attached hydrogen (secondary N) is 1. The van der Waals surface area contributed by atoms with Crippen LogP contribution in [-0.4, -0.2) is 36.5 Å². The summed E-state index contributed by atoms with van der Waals surface area (Å²) < 4.78 is 0. The maximum atomic E-state index is 11.6. The number of halogens is 2. The predicted octanol–water partition coefficient (Wildman–Crippen LogP) is 2.13. The summed E-state index contributed by atoms with van der Waals surface area (Å²) in [6.07, 6.45) is 2.48. The third-order valence-electron chi connectivity index (χ3n) is 3.65. The van der Waals surface area contributed by atoms with Crippen LogP contribution in [0.25, 0.3) is 0 Å². The Morgan fingerprint density at radius 3 is 2.33 bits per heavy atom. The number of hydrogen-bond acceptors (Lipinski definition) is 3. The monoisotopic (exact) mass is 333 g/mol. The van der Waals surface area contributed by atoms with E-state index in [0.717, 1.165) is 13.1 Å². The molecule has 0 saturated carbocycles. The first-order chi connectivity index (χ1) is 9.18. The van der Waals surface area contributed by atoms with Gasteiger partial charge in [-0.25, -0.2) is 0 Å². The Labute approximate surface area is 139 Å². The van der Waals surface area contributed by atoms with Crippen LogP contribution in [0.3, 0.4) is 0 Å². The van der Waals surface area contributed by atoms with Crippen LogP contribution in [0.1, 0.15) is 31.4 Å². The van der Waals surface area contributed by atoms with E-state index in [2.05, 4.69) is 22.3 Å². The molecule has 0 bridgehead atoms. The molecule has 1 amide bonds. The number of amides is 1. The summed E-state index contributed by atoms with van der Waals surface area (Å²) in [5.74, 6) is -0.0832. The van der Waals surface area contributed by atoms with Crippen LogP contribution in [0.4, 0.5) is 0 Å². The number of carbonyl (C=O) groups excluding carboxylic acids is 1. The molecule has 1 aromatic carbocycles. The first-order valence-electron chi connectivity index (χ1n) is 7.01. The summed E-state index contributed by atoms with van der Waals surface area (Å²) >= 11 is 0. The molecule has 21 heavy (non-hydrogen) atoms. The van der Waals surface area contributed by atoms with Crippen molar-refractivity contribution in [3.8, 4) is 0 Å². The number of benzene rings is 1. The van der Waals surface area contributed by atoms with Gasteiger partial charge in [0, 0.05) is 6.54 Å². The molecular weight excluding hydrogens is 309 g/mol. The van der Waals surface area contributed by atoms with Gasteiger partial charge >= 0.3 is 0 Å². The van der Waals surface area contributed by atoms with E-state index in [0.29, 0.717) is 6.54 Å². The first kappa shape index (κ1) is 20.2. The Morgan fingerprint density at radius 2 is 1.81 bits per heavy atom. The molecule has 0 aromatic heterocycles. The third kappa shape index (κ3) is 5.83. The molecule has 0 aliphatic carbocycles. The van der Waals surface area contributed by atoms with E-state index in [1.54, 1.807) is 6.92 Å². The highest BCUT2D eigenvalue weighted by Crippen LogP contribution is 2.24. The molecule has 1 aliphatic heterocycles. The molecule has 120 valence electrons. The Hall–Kier alpha value is -0.810. The zero-order valence-electron chi connectivity index (χ0n) is 12.3. The number of likely N-dealkylation sites (tertiary alicyclic amines) is 1. The van der Waals surface area contributed by atoms with Crippen LogP contribution >= 0.6 is 24.8 Å². The van der Waals surface area contributed by atoms with Crippen molar-refractivity contribution in [3.05, 3.63) is 35.9 Å². The van der Waals surface area contributed by atoms with Gasteiger partial charge in [0.1, 0.15) is 0 Å². The molecule has 1 heterocycles. The minimum Gasteiger partial charge on any atom is -0.353 e. The van der Waals surface area contributed by atoms with Crippen LogP contribution in [0.2, 0.25) is 0 Å². The summed E-state index contributed by atoms with van der Waals surface area (Å²) in [5.41, 5.74) is 6.85. The van der Waals surface area contributed by atoms with Crippen molar-refractivity contribution >= 4 is 30.7 Å². The average Bonchev–Trinajstić information content (AvgIpc) is 2.94. The molecule has 3 N–H and O–H groups in total. The zero-order chi connectivity index (χ0) is 13.7. The van der Waals surface area contributed by atoms with E-state index < -0.39 is 6.04 Å². The van der Waals surface area contributed by atoms with Gasteiger partial charge in [-0.1, -0.05) is 30.3 Å². The van der Waals surface area contributed by atoms with E-state index >= 15 is 0 Å². The minimum atomic E-state index is -0.449. The molecule has 1 saturated heterocycles. The van der Waals surface area contributed by atoms with E-state index in [1.165, 1.54) is 18.4 Å². The van der Waals surface area contributed by atoms with Crippen molar-refractivity contribution < 1.29 is 4.79 Å². The lowest BCUT2D eigenvalue weighted by atomic mass is 10.1. The lowest BCUT2D eigenvalue weighted by molar-refractivity contribution is -0.122. The van der Waals surface area contributed by atoms with Crippen molar-refractivity contribution in [2.45, 2.75) is 31.8 Å². The maximum absolute atomic E-state index is 11.6. The van der Waals surface area contributed by atoms with E-state index in [-0.39, 0.29) is 36.8 Å². The molecule has 2 rings (SSSR count). The molecule has 1 aromatic rings. The Balaban J connectivity index is 0.00000200. The predicted molar refractivity (Wildman–Crippen MR) is 91.1 cm³/mol. The lowest BCUT2D eigenvalue weighted by Gasteiger charge is -2.28. The van der Waals surface area contributed by atoms with Gasteiger partial charge in [-0.15, -0.1) is 24.8 Å². The lowest BCUT2D eigenvalue weighted by Crippen LogP contribution is -2.43. The molecule has 4 nitrogen and oxygen atoms in total. The normalized spacial score (nSPS) is 17.2. The summed E-state index contributed by atoms with van der Waals surface area (Å²) in [6, 6.07) is 10.2. The summed E-state index contributed by atoms with van der Waals surface area (Å²) in [7, 11) is 0. The topological polar surface area (TPSA) is 58.4 Å². The van der Waals surface area contributed by atoms with Crippen LogP contribution in [-0.2, 0) is 4.79 Å². The van der Waals surface area contributed by atoms with Gasteiger partial charge in [0.15, 0.2) is 0 Å².